The van der Waals surface area contributed by atoms with Crippen LogP contribution >= 0.6 is 24.2 Å². The number of piperidine rings is 1. The van der Waals surface area contributed by atoms with Gasteiger partial charge in [-0.15, -0.1) is 12.4 Å². The van der Waals surface area contributed by atoms with Crippen LogP contribution in [0.4, 0.5) is 0 Å². The molecule has 1 aliphatic rings. The topological polar surface area (TPSA) is 41.1 Å². The minimum Gasteiger partial charge on any atom is -0.355 e. The Morgan fingerprint density at radius 3 is 2.78 bits per heavy atom. The minimum atomic E-state index is 0. The van der Waals surface area contributed by atoms with E-state index < -0.39 is 0 Å². The summed E-state index contributed by atoms with van der Waals surface area (Å²) in [6, 6.07) is 0. The van der Waals surface area contributed by atoms with E-state index in [-0.39, 0.29) is 18.3 Å². The van der Waals surface area contributed by atoms with E-state index in [1.165, 1.54) is 12.8 Å². The number of thioether (sulfide) groups is 1. The average molecular weight is 295 g/mol. The first-order valence-corrected chi connectivity index (χ1v) is 7.92. The number of hydrogen-bond donors (Lipinski definition) is 2. The van der Waals surface area contributed by atoms with Gasteiger partial charge in [0.15, 0.2) is 0 Å². The Bertz CT molecular complexity index is 235. The van der Waals surface area contributed by atoms with Crippen molar-refractivity contribution in [3.05, 3.63) is 0 Å². The average Bonchev–Trinajstić information content (AvgIpc) is 2.36. The van der Waals surface area contributed by atoms with Crippen LogP contribution in [-0.4, -0.2) is 37.0 Å². The van der Waals surface area contributed by atoms with Gasteiger partial charge in [0.1, 0.15) is 0 Å². The zero-order valence-corrected chi connectivity index (χ0v) is 13.3. The summed E-state index contributed by atoms with van der Waals surface area (Å²) in [5.74, 6) is 1.38. The molecule has 5 heteroatoms. The lowest BCUT2D eigenvalue weighted by atomic mass is 9.85. The standard InChI is InChI=1S/C13H26N2OS.ClH/c1-10(12-5-4-6-14-9-12)7-13(16)15-8-11(2)17-3;/h10-12,14H,4-9H2,1-3H3,(H,15,16);1H. The third-order valence-electron chi connectivity index (χ3n) is 3.64. The van der Waals surface area contributed by atoms with Gasteiger partial charge in [-0.25, -0.2) is 0 Å². The Labute approximate surface area is 122 Å². The smallest absolute Gasteiger partial charge is 0.220 e. The highest BCUT2D eigenvalue weighted by Crippen LogP contribution is 2.22. The molecule has 0 spiro atoms. The normalized spacial score (nSPS) is 22.7. The fourth-order valence-corrected chi connectivity index (χ4v) is 2.49. The SMILES string of the molecule is CSC(C)CNC(=O)CC(C)C1CCCNC1.Cl. The second kappa shape index (κ2) is 9.93. The Kier molecular flexibility index (Phi) is 9.97. The molecular weight excluding hydrogens is 268 g/mol. The van der Waals surface area contributed by atoms with Crippen molar-refractivity contribution in [2.45, 2.75) is 38.4 Å². The largest absolute Gasteiger partial charge is 0.355 e. The van der Waals surface area contributed by atoms with Crippen LogP contribution in [0.15, 0.2) is 0 Å². The summed E-state index contributed by atoms with van der Waals surface area (Å²) in [6.07, 6.45) is 5.27. The van der Waals surface area contributed by atoms with E-state index in [2.05, 4.69) is 30.7 Å². The first-order valence-electron chi connectivity index (χ1n) is 6.63. The quantitative estimate of drug-likeness (QED) is 0.790. The molecule has 1 saturated heterocycles. The molecular formula is C13H27ClN2OS. The van der Waals surface area contributed by atoms with Crippen LogP contribution in [0.25, 0.3) is 0 Å². The van der Waals surface area contributed by atoms with Gasteiger partial charge in [0.25, 0.3) is 0 Å². The summed E-state index contributed by atoms with van der Waals surface area (Å²) in [5, 5.41) is 6.94. The van der Waals surface area contributed by atoms with Gasteiger partial charge in [-0.2, -0.15) is 11.8 Å². The Morgan fingerprint density at radius 2 is 2.22 bits per heavy atom. The van der Waals surface area contributed by atoms with Crippen LogP contribution in [0.3, 0.4) is 0 Å². The second-order valence-corrected chi connectivity index (χ2v) is 6.41. The molecule has 0 aromatic carbocycles. The number of nitrogens with one attached hydrogen (secondary N) is 2. The van der Waals surface area contributed by atoms with E-state index in [1.807, 2.05) is 0 Å². The van der Waals surface area contributed by atoms with Crippen LogP contribution in [0.1, 0.15) is 33.1 Å². The van der Waals surface area contributed by atoms with Crippen LogP contribution in [0.5, 0.6) is 0 Å². The molecule has 3 atom stereocenters. The number of hydrogen-bond acceptors (Lipinski definition) is 3. The van der Waals surface area contributed by atoms with Gasteiger partial charge < -0.3 is 10.6 Å². The molecule has 1 rings (SSSR count). The van der Waals surface area contributed by atoms with Crippen molar-refractivity contribution in [3.8, 4) is 0 Å². The molecule has 1 amide bonds. The van der Waals surface area contributed by atoms with E-state index in [0.717, 1.165) is 19.6 Å². The first kappa shape index (κ1) is 18.1. The lowest BCUT2D eigenvalue weighted by molar-refractivity contribution is -0.122. The minimum absolute atomic E-state index is 0. The number of carbonyl (C=O) groups is 1. The lowest BCUT2D eigenvalue weighted by Crippen LogP contribution is -2.36. The highest BCUT2D eigenvalue weighted by molar-refractivity contribution is 7.99. The maximum Gasteiger partial charge on any atom is 0.220 e. The third-order valence-corrected chi connectivity index (χ3v) is 4.61. The monoisotopic (exact) mass is 294 g/mol. The van der Waals surface area contributed by atoms with Gasteiger partial charge in [0, 0.05) is 18.2 Å². The molecule has 0 aromatic heterocycles. The predicted octanol–water partition coefficient (Wildman–Crippen LogP) is 2.30. The molecule has 3 unspecified atom stereocenters. The Balaban J connectivity index is 0.00000289. The Morgan fingerprint density at radius 1 is 1.50 bits per heavy atom. The van der Waals surface area contributed by atoms with Crippen molar-refractivity contribution in [3.63, 3.8) is 0 Å². The van der Waals surface area contributed by atoms with Crippen molar-refractivity contribution in [1.82, 2.24) is 10.6 Å². The van der Waals surface area contributed by atoms with Crippen LogP contribution < -0.4 is 10.6 Å². The second-order valence-electron chi connectivity index (χ2n) is 5.14. The number of rotatable bonds is 6. The summed E-state index contributed by atoms with van der Waals surface area (Å²) in [6.45, 7) is 7.35. The highest BCUT2D eigenvalue weighted by atomic mass is 35.5. The van der Waals surface area contributed by atoms with Gasteiger partial charge >= 0.3 is 0 Å². The van der Waals surface area contributed by atoms with Gasteiger partial charge in [-0.05, 0) is 44.0 Å². The van der Waals surface area contributed by atoms with Crippen molar-refractivity contribution >= 4 is 30.1 Å². The zero-order chi connectivity index (χ0) is 12.7. The summed E-state index contributed by atoms with van der Waals surface area (Å²) >= 11 is 1.79. The van der Waals surface area contributed by atoms with Gasteiger partial charge in [-0.3, -0.25) is 4.79 Å². The van der Waals surface area contributed by atoms with Gasteiger partial charge in [-0.1, -0.05) is 13.8 Å². The molecule has 0 aliphatic carbocycles. The molecule has 108 valence electrons. The molecule has 0 radical (unpaired) electrons. The van der Waals surface area contributed by atoms with E-state index >= 15 is 0 Å². The molecule has 2 N–H and O–H groups in total. The van der Waals surface area contributed by atoms with Crippen molar-refractivity contribution in [2.24, 2.45) is 11.8 Å². The fraction of sp³-hybridized carbons (Fsp3) is 0.923. The predicted molar refractivity (Wildman–Crippen MR) is 82.6 cm³/mol. The molecule has 1 fully saturated rings. The fourth-order valence-electron chi connectivity index (χ4n) is 2.24. The maximum atomic E-state index is 11.8. The zero-order valence-electron chi connectivity index (χ0n) is 11.7. The molecule has 0 aromatic rings. The van der Waals surface area contributed by atoms with Crippen LogP contribution in [0.2, 0.25) is 0 Å². The van der Waals surface area contributed by atoms with Crippen molar-refractivity contribution in [2.75, 3.05) is 25.9 Å². The maximum absolute atomic E-state index is 11.8. The van der Waals surface area contributed by atoms with Crippen LogP contribution in [-0.2, 0) is 4.79 Å². The Hall–Kier alpha value is 0.0700. The van der Waals surface area contributed by atoms with Gasteiger partial charge in [0.2, 0.25) is 5.91 Å². The molecule has 1 heterocycles. The molecule has 3 nitrogen and oxygen atoms in total. The van der Waals surface area contributed by atoms with E-state index in [9.17, 15) is 4.79 Å². The molecule has 1 aliphatic heterocycles. The highest BCUT2D eigenvalue weighted by Gasteiger charge is 2.21. The van der Waals surface area contributed by atoms with E-state index in [0.29, 0.717) is 23.5 Å². The van der Waals surface area contributed by atoms with Gasteiger partial charge in [0.05, 0.1) is 0 Å². The number of halogens is 1. The van der Waals surface area contributed by atoms with Crippen molar-refractivity contribution < 1.29 is 4.79 Å². The van der Waals surface area contributed by atoms with Crippen LogP contribution in [0, 0.1) is 11.8 Å². The lowest BCUT2D eigenvalue weighted by Gasteiger charge is -2.28. The third kappa shape index (κ3) is 6.86. The first-order chi connectivity index (χ1) is 8.13. The summed E-state index contributed by atoms with van der Waals surface area (Å²) in [7, 11) is 0. The summed E-state index contributed by atoms with van der Waals surface area (Å²) in [4.78, 5) is 11.8. The number of carbonyl (C=O) groups excluding carboxylic acids is 1. The van der Waals surface area contributed by atoms with Crippen molar-refractivity contribution in [1.29, 1.82) is 0 Å². The van der Waals surface area contributed by atoms with E-state index in [4.69, 9.17) is 0 Å². The number of amides is 1. The molecule has 0 saturated carbocycles. The molecule has 0 bridgehead atoms. The van der Waals surface area contributed by atoms with E-state index in [1.54, 1.807) is 11.8 Å². The molecule has 18 heavy (non-hydrogen) atoms. The summed E-state index contributed by atoms with van der Waals surface area (Å²) in [5.41, 5.74) is 0. The summed E-state index contributed by atoms with van der Waals surface area (Å²) < 4.78 is 0.